The maximum Gasteiger partial charge on any atom is 0.303 e. The summed E-state index contributed by atoms with van der Waals surface area (Å²) >= 11 is 0. The van der Waals surface area contributed by atoms with Crippen molar-refractivity contribution in [2.75, 3.05) is 0 Å². The Balaban J connectivity index is 1.50. The Bertz CT molecular complexity index is 1460. The van der Waals surface area contributed by atoms with Crippen LogP contribution in [0, 0.1) is 25.5 Å². The summed E-state index contributed by atoms with van der Waals surface area (Å²) in [6, 6.07) is 13.2. The number of carboxylic acid groups (broad SMARTS) is 1. The summed E-state index contributed by atoms with van der Waals surface area (Å²) in [6.45, 7) is 5.33. The van der Waals surface area contributed by atoms with E-state index in [4.69, 9.17) is 9.84 Å². The largest absolute Gasteiger partial charge is 0.481 e. The summed E-state index contributed by atoms with van der Waals surface area (Å²) in [5.41, 5.74) is 3.87. The highest BCUT2D eigenvalue weighted by atomic mass is 19.1. The van der Waals surface area contributed by atoms with Gasteiger partial charge in [0.2, 0.25) is 0 Å². The number of amides is 1. The normalized spacial score (nSPS) is 11.9. The fourth-order valence-corrected chi connectivity index (χ4v) is 4.16. The number of aromatic nitrogens is 1. The lowest BCUT2D eigenvalue weighted by Gasteiger charge is -2.16. The number of carbonyl (C=O) groups is 2. The van der Waals surface area contributed by atoms with Crippen LogP contribution in [0.1, 0.15) is 52.1 Å². The van der Waals surface area contributed by atoms with Crippen molar-refractivity contribution in [2.24, 2.45) is 0 Å². The second kappa shape index (κ2) is 10.2. The number of H-pyrrole nitrogens is 1. The number of aromatic amines is 1. The van der Waals surface area contributed by atoms with Gasteiger partial charge in [-0.1, -0.05) is 6.07 Å². The first-order valence-electron chi connectivity index (χ1n) is 11.5. The minimum atomic E-state index is -0.864. The molecule has 36 heavy (non-hydrogen) atoms. The van der Waals surface area contributed by atoms with Crippen molar-refractivity contribution < 1.29 is 28.2 Å². The first-order chi connectivity index (χ1) is 17.1. The Morgan fingerprint density at radius 3 is 2.50 bits per heavy atom. The van der Waals surface area contributed by atoms with Gasteiger partial charge in [-0.25, -0.2) is 8.78 Å². The van der Waals surface area contributed by atoms with Crippen molar-refractivity contribution >= 4 is 22.8 Å². The van der Waals surface area contributed by atoms with E-state index < -0.39 is 23.7 Å². The molecule has 0 saturated carbocycles. The number of halogens is 2. The number of hydrogen-bond donors (Lipinski definition) is 3. The molecule has 1 amide bonds. The van der Waals surface area contributed by atoms with Crippen molar-refractivity contribution in [3.05, 3.63) is 94.2 Å². The van der Waals surface area contributed by atoms with Crippen molar-refractivity contribution in [3.8, 4) is 11.5 Å². The van der Waals surface area contributed by atoms with Crippen LogP contribution in [0.15, 0.2) is 54.6 Å². The molecular formula is C28H26F2N2O4. The highest BCUT2D eigenvalue weighted by molar-refractivity contribution is 6.01. The molecule has 0 bridgehead atoms. The predicted octanol–water partition coefficient (Wildman–Crippen LogP) is 6.36. The van der Waals surface area contributed by atoms with E-state index in [9.17, 15) is 18.4 Å². The predicted molar refractivity (Wildman–Crippen MR) is 132 cm³/mol. The monoisotopic (exact) mass is 492 g/mol. The molecule has 8 heteroatoms. The van der Waals surface area contributed by atoms with Crippen molar-refractivity contribution in [1.82, 2.24) is 10.3 Å². The SMILES string of the molecule is Cc1cc(Oc2cc(F)cc([C@@H](C)NC(=O)c3[nH]c4ccc(F)cc4c3C)c2)ccc1CCC(=O)O. The molecule has 0 spiro atoms. The molecule has 186 valence electrons. The number of carboxylic acids is 1. The standard InChI is InChI=1S/C28H26F2N2O4/c1-15-10-22(7-4-18(15)5-9-26(33)34)36-23-12-19(11-21(30)13-23)17(3)31-28(35)27-16(2)24-14-20(29)6-8-25(24)32-27/h4,6-8,10-14,17,32H,5,9H2,1-3H3,(H,31,35)(H,33,34)/t17-/m1/s1. The number of ether oxygens (including phenoxy) is 1. The molecule has 3 aromatic carbocycles. The van der Waals surface area contributed by atoms with E-state index in [1.165, 1.54) is 24.3 Å². The quantitative estimate of drug-likeness (QED) is 0.267. The van der Waals surface area contributed by atoms with E-state index in [2.05, 4.69) is 10.3 Å². The van der Waals surface area contributed by atoms with E-state index in [-0.39, 0.29) is 18.0 Å². The first-order valence-corrected chi connectivity index (χ1v) is 11.5. The third kappa shape index (κ3) is 5.54. The Labute approximate surface area is 206 Å². The van der Waals surface area contributed by atoms with Gasteiger partial charge in [-0.15, -0.1) is 0 Å². The number of carbonyl (C=O) groups excluding carboxylic acids is 1. The summed E-state index contributed by atoms with van der Waals surface area (Å²) in [7, 11) is 0. The van der Waals surface area contributed by atoms with Crippen LogP contribution in [-0.2, 0) is 11.2 Å². The molecule has 0 aliphatic carbocycles. The van der Waals surface area contributed by atoms with Gasteiger partial charge in [0.1, 0.15) is 28.8 Å². The summed E-state index contributed by atoms with van der Waals surface area (Å²) in [5, 5.41) is 12.4. The van der Waals surface area contributed by atoms with Gasteiger partial charge >= 0.3 is 5.97 Å². The number of aryl methyl sites for hydroxylation is 3. The fraction of sp³-hybridized carbons (Fsp3) is 0.214. The smallest absolute Gasteiger partial charge is 0.303 e. The summed E-state index contributed by atoms with van der Waals surface area (Å²) in [5.74, 6) is -1.41. The summed E-state index contributed by atoms with van der Waals surface area (Å²) < 4.78 is 33.9. The van der Waals surface area contributed by atoms with Crippen LogP contribution in [-0.4, -0.2) is 22.0 Å². The molecule has 1 heterocycles. The number of fused-ring (bicyclic) bond motifs is 1. The van der Waals surface area contributed by atoms with Gasteiger partial charge in [0.05, 0.1) is 6.04 Å². The third-order valence-corrected chi connectivity index (χ3v) is 6.15. The Morgan fingerprint density at radius 2 is 1.78 bits per heavy atom. The number of rotatable bonds is 8. The molecule has 0 aliphatic rings. The van der Waals surface area contributed by atoms with Crippen LogP contribution in [0.4, 0.5) is 8.78 Å². The van der Waals surface area contributed by atoms with E-state index in [0.29, 0.717) is 39.9 Å². The van der Waals surface area contributed by atoms with Crippen LogP contribution in [0.3, 0.4) is 0 Å². The van der Waals surface area contributed by atoms with Gasteiger partial charge < -0.3 is 20.1 Å². The van der Waals surface area contributed by atoms with E-state index >= 15 is 0 Å². The molecule has 1 aromatic heterocycles. The van der Waals surface area contributed by atoms with Crippen LogP contribution in [0.25, 0.3) is 10.9 Å². The molecule has 0 radical (unpaired) electrons. The van der Waals surface area contributed by atoms with E-state index in [0.717, 1.165) is 11.1 Å². The molecule has 0 aliphatic heterocycles. The highest BCUT2D eigenvalue weighted by Gasteiger charge is 2.19. The molecule has 3 N–H and O–H groups in total. The van der Waals surface area contributed by atoms with Crippen molar-refractivity contribution in [1.29, 1.82) is 0 Å². The lowest BCUT2D eigenvalue weighted by molar-refractivity contribution is -0.136. The van der Waals surface area contributed by atoms with Crippen LogP contribution in [0.2, 0.25) is 0 Å². The van der Waals surface area contributed by atoms with Gasteiger partial charge in [-0.3, -0.25) is 9.59 Å². The lowest BCUT2D eigenvalue weighted by atomic mass is 10.0. The summed E-state index contributed by atoms with van der Waals surface area (Å²) in [6.07, 6.45) is 0.445. The zero-order valence-corrected chi connectivity index (χ0v) is 20.1. The number of aliphatic carboxylic acids is 1. The number of nitrogens with one attached hydrogen (secondary N) is 2. The zero-order valence-electron chi connectivity index (χ0n) is 20.1. The highest BCUT2D eigenvalue weighted by Crippen LogP contribution is 2.29. The minimum Gasteiger partial charge on any atom is -0.481 e. The molecular weight excluding hydrogens is 466 g/mol. The molecule has 4 rings (SSSR count). The summed E-state index contributed by atoms with van der Waals surface area (Å²) in [4.78, 5) is 26.8. The first kappa shape index (κ1) is 24.9. The maximum absolute atomic E-state index is 14.4. The average molecular weight is 493 g/mol. The minimum absolute atomic E-state index is 0.0346. The lowest BCUT2D eigenvalue weighted by Crippen LogP contribution is -2.27. The van der Waals surface area contributed by atoms with Gasteiger partial charge in [0.15, 0.2) is 0 Å². The van der Waals surface area contributed by atoms with Crippen molar-refractivity contribution in [2.45, 2.75) is 39.7 Å². The average Bonchev–Trinajstić information content (AvgIpc) is 3.14. The molecule has 0 unspecified atom stereocenters. The number of benzene rings is 3. The van der Waals surface area contributed by atoms with Crippen LogP contribution in [0.5, 0.6) is 11.5 Å². The second-order valence-corrected chi connectivity index (χ2v) is 8.81. The van der Waals surface area contributed by atoms with Gasteiger partial charge in [0, 0.05) is 23.4 Å². The van der Waals surface area contributed by atoms with Crippen molar-refractivity contribution in [3.63, 3.8) is 0 Å². The maximum atomic E-state index is 14.4. The molecule has 6 nitrogen and oxygen atoms in total. The third-order valence-electron chi connectivity index (χ3n) is 6.15. The van der Waals surface area contributed by atoms with Gasteiger partial charge in [-0.2, -0.15) is 0 Å². The molecule has 4 aromatic rings. The van der Waals surface area contributed by atoms with Crippen LogP contribution < -0.4 is 10.1 Å². The van der Waals surface area contributed by atoms with E-state index in [1.54, 1.807) is 44.2 Å². The van der Waals surface area contributed by atoms with Crippen LogP contribution >= 0.6 is 0 Å². The second-order valence-electron chi connectivity index (χ2n) is 8.81. The number of hydrogen-bond acceptors (Lipinski definition) is 3. The Kier molecular flexibility index (Phi) is 7.05. The zero-order chi connectivity index (χ0) is 26.0. The van der Waals surface area contributed by atoms with Gasteiger partial charge in [0.25, 0.3) is 5.91 Å². The molecule has 0 fully saturated rings. The molecule has 0 saturated heterocycles. The molecule has 1 atom stereocenters. The Morgan fingerprint density at radius 1 is 1.00 bits per heavy atom. The Hall–Kier alpha value is -4.20. The van der Waals surface area contributed by atoms with E-state index in [1.807, 2.05) is 6.92 Å². The fourth-order valence-electron chi connectivity index (χ4n) is 4.16. The van der Waals surface area contributed by atoms with Gasteiger partial charge in [-0.05, 0) is 91.9 Å². The topological polar surface area (TPSA) is 91.4 Å².